The van der Waals surface area contributed by atoms with Crippen LogP contribution in [-0.4, -0.2) is 46.8 Å². The Bertz CT molecular complexity index is 1030. The van der Waals surface area contributed by atoms with Crippen molar-refractivity contribution in [1.29, 1.82) is 0 Å². The van der Waals surface area contributed by atoms with Gasteiger partial charge in [0.25, 0.3) is 0 Å². The summed E-state index contributed by atoms with van der Waals surface area (Å²) in [4.78, 5) is 7.00. The summed E-state index contributed by atoms with van der Waals surface area (Å²) in [6, 6.07) is 21.7. The Labute approximate surface area is 191 Å². The lowest BCUT2D eigenvalue weighted by atomic mass is 10.0. The van der Waals surface area contributed by atoms with E-state index in [9.17, 15) is 0 Å². The molecular weight excluding hydrogens is 396 g/mol. The maximum Gasteiger partial charge on any atom is 0.191 e. The van der Waals surface area contributed by atoms with Gasteiger partial charge in [-0.2, -0.15) is 5.10 Å². The lowest BCUT2D eigenvalue weighted by Gasteiger charge is -2.33. The Kier molecular flexibility index (Phi) is 7.22. The van der Waals surface area contributed by atoms with Gasteiger partial charge in [0, 0.05) is 45.0 Å². The third-order valence-electron chi connectivity index (χ3n) is 6.08. The molecule has 1 fully saturated rings. The topological polar surface area (TPSA) is 57.5 Å². The highest BCUT2D eigenvalue weighted by molar-refractivity contribution is 5.80. The molecule has 1 aliphatic heterocycles. The Morgan fingerprint density at radius 2 is 1.75 bits per heavy atom. The first-order valence-electron chi connectivity index (χ1n) is 11.5. The Balaban J connectivity index is 1.31. The molecule has 3 aromatic rings. The van der Waals surface area contributed by atoms with Crippen molar-refractivity contribution in [3.05, 3.63) is 83.2 Å². The van der Waals surface area contributed by atoms with Gasteiger partial charge in [-0.25, -0.2) is 4.68 Å². The standard InChI is InChI=1S/C26H34N6/c1-20-17-21(2)32(30-20)25-12-8-7-11-23(25)18-28-26(27-3)29-24-13-15-31(16-14-24)19-22-9-5-4-6-10-22/h4-12,17,24H,13-16,18-19H2,1-3H3,(H2,27,28,29). The number of guanidine groups is 1. The van der Waals surface area contributed by atoms with Crippen LogP contribution in [0.4, 0.5) is 0 Å². The van der Waals surface area contributed by atoms with Gasteiger partial charge in [0.15, 0.2) is 5.96 Å². The van der Waals surface area contributed by atoms with Crippen molar-refractivity contribution in [2.24, 2.45) is 4.99 Å². The molecule has 0 bridgehead atoms. The summed E-state index contributed by atoms with van der Waals surface area (Å²) in [5.41, 5.74) is 5.85. The first-order valence-corrected chi connectivity index (χ1v) is 11.5. The largest absolute Gasteiger partial charge is 0.354 e. The van der Waals surface area contributed by atoms with Gasteiger partial charge in [-0.15, -0.1) is 0 Å². The molecule has 0 aliphatic carbocycles. The van der Waals surface area contributed by atoms with Gasteiger partial charge in [-0.05, 0) is 49.9 Å². The average Bonchev–Trinajstić information content (AvgIpc) is 3.16. The summed E-state index contributed by atoms with van der Waals surface area (Å²) in [7, 11) is 1.84. The number of hydrogen-bond donors (Lipinski definition) is 2. The van der Waals surface area contributed by atoms with Gasteiger partial charge in [-0.1, -0.05) is 48.5 Å². The highest BCUT2D eigenvalue weighted by Crippen LogP contribution is 2.17. The molecule has 0 radical (unpaired) electrons. The minimum atomic E-state index is 0.444. The van der Waals surface area contributed by atoms with Crippen LogP contribution < -0.4 is 10.6 Å². The van der Waals surface area contributed by atoms with Crippen molar-refractivity contribution in [2.75, 3.05) is 20.1 Å². The number of hydrogen-bond acceptors (Lipinski definition) is 3. The second-order valence-electron chi connectivity index (χ2n) is 8.57. The Hall–Kier alpha value is -3.12. The molecule has 2 heterocycles. The van der Waals surface area contributed by atoms with E-state index in [4.69, 9.17) is 0 Å². The predicted molar refractivity (Wildman–Crippen MR) is 131 cm³/mol. The zero-order valence-electron chi connectivity index (χ0n) is 19.4. The van der Waals surface area contributed by atoms with Crippen LogP contribution in [0.3, 0.4) is 0 Å². The number of rotatable bonds is 6. The average molecular weight is 431 g/mol. The monoisotopic (exact) mass is 430 g/mol. The molecule has 2 aromatic carbocycles. The van der Waals surface area contributed by atoms with E-state index in [0.717, 1.165) is 55.5 Å². The summed E-state index contributed by atoms with van der Waals surface area (Å²) >= 11 is 0. The van der Waals surface area contributed by atoms with E-state index in [1.54, 1.807) is 0 Å². The quantitative estimate of drug-likeness (QED) is 0.461. The molecule has 1 saturated heterocycles. The molecule has 32 heavy (non-hydrogen) atoms. The zero-order valence-corrected chi connectivity index (χ0v) is 19.4. The maximum absolute atomic E-state index is 4.66. The highest BCUT2D eigenvalue weighted by atomic mass is 15.3. The van der Waals surface area contributed by atoms with Crippen LogP contribution in [0.2, 0.25) is 0 Å². The number of nitrogens with zero attached hydrogens (tertiary/aromatic N) is 4. The number of para-hydroxylation sites is 1. The maximum atomic E-state index is 4.66. The highest BCUT2D eigenvalue weighted by Gasteiger charge is 2.20. The number of likely N-dealkylation sites (tertiary alicyclic amines) is 1. The molecule has 0 amide bonds. The number of nitrogens with one attached hydrogen (secondary N) is 2. The molecule has 1 aromatic heterocycles. The Morgan fingerprint density at radius 3 is 2.44 bits per heavy atom. The minimum Gasteiger partial charge on any atom is -0.354 e. The van der Waals surface area contributed by atoms with E-state index in [1.165, 1.54) is 11.1 Å². The molecule has 0 saturated carbocycles. The summed E-state index contributed by atoms with van der Waals surface area (Å²) in [6.45, 7) is 8.05. The van der Waals surface area contributed by atoms with E-state index in [-0.39, 0.29) is 0 Å². The minimum absolute atomic E-state index is 0.444. The molecule has 4 rings (SSSR count). The molecular formula is C26H34N6. The van der Waals surface area contributed by atoms with E-state index >= 15 is 0 Å². The molecule has 1 aliphatic rings. The third kappa shape index (κ3) is 5.56. The number of aryl methyl sites for hydroxylation is 2. The fraction of sp³-hybridized carbons (Fsp3) is 0.385. The zero-order chi connectivity index (χ0) is 22.3. The van der Waals surface area contributed by atoms with Crippen LogP contribution in [0, 0.1) is 13.8 Å². The fourth-order valence-electron chi connectivity index (χ4n) is 4.38. The lowest BCUT2D eigenvalue weighted by molar-refractivity contribution is 0.198. The van der Waals surface area contributed by atoms with Crippen LogP contribution >= 0.6 is 0 Å². The molecule has 2 N–H and O–H groups in total. The van der Waals surface area contributed by atoms with Crippen molar-refractivity contribution in [1.82, 2.24) is 25.3 Å². The number of aliphatic imine (C=N–C) groups is 1. The number of aromatic nitrogens is 2. The predicted octanol–water partition coefficient (Wildman–Crippen LogP) is 3.82. The molecule has 0 atom stereocenters. The second-order valence-corrected chi connectivity index (χ2v) is 8.57. The normalized spacial score (nSPS) is 15.7. The number of benzene rings is 2. The number of piperidine rings is 1. The van der Waals surface area contributed by atoms with Crippen LogP contribution in [0.1, 0.15) is 35.4 Å². The van der Waals surface area contributed by atoms with E-state index in [2.05, 4.69) is 93.2 Å². The first-order chi connectivity index (χ1) is 15.6. The third-order valence-corrected chi connectivity index (χ3v) is 6.08. The SMILES string of the molecule is CN=C(NCc1ccccc1-n1nc(C)cc1C)NC1CCN(Cc2ccccc2)CC1. The molecule has 0 unspecified atom stereocenters. The van der Waals surface area contributed by atoms with E-state index in [0.29, 0.717) is 12.6 Å². The summed E-state index contributed by atoms with van der Waals surface area (Å²) in [6.07, 6.45) is 2.24. The van der Waals surface area contributed by atoms with Gasteiger partial charge in [0.05, 0.1) is 11.4 Å². The van der Waals surface area contributed by atoms with Gasteiger partial charge in [0.2, 0.25) is 0 Å². The van der Waals surface area contributed by atoms with Crippen LogP contribution in [-0.2, 0) is 13.1 Å². The first kappa shape index (κ1) is 22.1. The van der Waals surface area contributed by atoms with Gasteiger partial charge < -0.3 is 10.6 Å². The molecule has 6 nitrogen and oxygen atoms in total. The van der Waals surface area contributed by atoms with E-state index < -0.39 is 0 Å². The molecule has 168 valence electrons. The van der Waals surface area contributed by atoms with Crippen LogP contribution in [0.25, 0.3) is 5.69 Å². The smallest absolute Gasteiger partial charge is 0.191 e. The van der Waals surface area contributed by atoms with Gasteiger partial charge in [0.1, 0.15) is 0 Å². The second kappa shape index (κ2) is 10.5. The van der Waals surface area contributed by atoms with Crippen molar-refractivity contribution in [3.8, 4) is 5.69 Å². The summed E-state index contributed by atoms with van der Waals surface area (Å²) < 4.78 is 2.02. The summed E-state index contributed by atoms with van der Waals surface area (Å²) in [5, 5.41) is 11.8. The molecule has 0 spiro atoms. The van der Waals surface area contributed by atoms with Gasteiger partial charge >= 0.3 is 0 Å². The lowest BCUT2D eigenvalue weighted by Crippen LogP contribution is -2.48. The van der Waals surface area contributed by atoms with Crippen molar-refractivity contribution < 1.29 is 0 Å². The van der Waals surface area contributed by atoms with Crippen molar-refractivity contribution in [2.45, 2.75) is 45.8 Å². The van der Waals surface area contributed by atoms with Crippen molar-refractivity contribution >= 4 is 5.96 Å². The molecule has 6 heteroatoms. The van der Waals surface area contributed by atoms with Gasteiger partial charge in [-0.3, -0.25) is 9.89 Å². The van der Waals surface area contributed by atoms with Crippen LogP contribution in [0.5, 0.6) is 0 Å². The van der Waals surface area contributed by atoms with Crippen molar-refractivity contribution in [3.63, 3.8) is 0 Å². The van der Waals surface area contributed by atoms with E-state index in [1.807, 2.05) is 18.7 Å². The Morgan fingerprint density at radius 1 is 1.03 bits per heavy atom. The van der Waals surface area contributed by atoms with Crippen LogP contribution in [0.15, 0.2) is 65.7 Å². The fourth-order valence-corrected chi connectivity index (χ4v) is 4.38. The summed E-state index contributed by atoms with van der Waals surface area (Å²) in [5.74, 6) is 0.856.